The van der Waals surface area contributed by atoms with E-state index in [1.165, 1.54) is 0 Å². The van der Waals surface area contributed by atoms with Gasteiger partial charge in [0, 0.05) is 47.8 Å². The minimum atomic E-state index is -1.08. The van der Waals surface area contributed by atoms with Gasteiger partial charge >= 0.3 is 0 Å². The maximum absolute atomic E-state index is 6.59. The summed E-state index contributed by atoms with van der Waals surface area (Å²) in [5.74, 6) is 2.29. The predicted molar refractivity (Wildman–Crippen MR) is 86.7 cm³/mol. The molecule has 0 nitrogen and oxygen atoms in total. The molecule has 0 N–H and O–H groups in total. The Balaban J connectivity index is -0.00000000643. The zero-order chi connectivity index (χ0) is 5.91. The molecule has 15 heavy (non-hydrogen) atoms. The summed E-state index contributed by atoms with van der Waals surface area (Å²) in [7, 11) is -1.08. The van der Waals surface area contributed by atoms with E-state index in [1.54, 1.807) is 0 Å². The van der Waals surface area contributed by atoms with E-state index in [0.29, 0.717) is 0 Å². The van der Waals surface area contributed by atoms with Crippen LogP contribution in [0, 0.1) is 18.4 Å². The molecule has 0 bridgehead atoms. The Kier molecular flexibility index (Phi) is 174. The van der Waals surface area contributed by atoms with Crippen LogP contribution in [0.25, 0.3) is 0 Å². The second-order valence-electron chi connectivity index (χ2n) is 2.65. The molecule has 3 heteroatoms. The maximum atomic E-state index is 6.59. The Labute approximate surface area is 137 Å². The van der Waals surface area contributed by atoms with E-state index >= 15 is 0 Å². The smallest absolute Gasteiger partial charge is 0.0776 e. The summed E-state index contributed by atoms with van der Waals surface area (Å²) >= 11 is 0. The molecule has 0 unspecified atom stereocenters. The van der Waals surface area contributed by atoms with Crippen LogP contribution >= 0.6 is 0 Å². The molecule has 0 atom stereocenters. The summed E-state index contributed by atoms with van der Waals surface area (Å²) in [4.78, 5) is 0. The van der Waals surface area contributed by atoms with Gasteiger partial charge in [-0.05, 0) is 12.5 Å². The van der Waals surface area contributed by atoms with Crippen LogP contribution in [0.1, 0.15) is 44.6 Å². The molecule has 94 valence electrons. The van der Waals surface area contributed by atoms with Crippen LogP contribution in [0.4, 0.5) is 0 Å². The monoisotopic (exact) mass is 446 g/mol. The largest absolute Gasteiger partial charge is 0.0790 e. The number of hydrogen-bond donors (Lipinski definition) is 0. The van der Waals surface area contributed by atoms with E-state index < -0.39 is 8.07 Å². The molecule has 0 rings (SSSR count). The molecule has 0 fully saturated rings. The number of hydrogen-bond acceptors (Lipinski definition) is 0. The summed E-state index contributed by atoms with van der Waals surface area (Å²) in [6.45, 7) is 6.53. The normalized spacial score (nSPS) is 4.67. The average Bonchev–Trinajstić information content (AvgIpc) is 1.30. The van der Waals surface area contributed by atoms with E-state index in [0.717, 1.165) is 0 Å². The van der Waals surface area contributed by atoms with Gasteiger partial charge in [-0.3, -0.25) is 0 Å². The van der Waals surface area contributed by atoms with E-state index in [4.69, 9.17) is 6.42 Å². The molecule has 0 spiro atoms. The van der Waals surface area contributed by atoms with Gasteiger partial charge in [0.2, 0.25) is 0 Å². The molecular weight excluding hydrogens is 410 g/mol. The summed E-state index contributed by atoms with van der Waals surface area (Å²) in [5, 5.41) is 0. The van der Waals surface area contributed by atoms with Crippen molar-refractivity contribution < 1.29 is 0 Å². The van der Waals surface area contributed by atoms with Crippen molar-refractivity contribution in [3.05, 3.63) is 12.5 Å². The molecule has 0 amide bonds. The molecule has 0 aliphatic heterocycles. The fourth-order valence-electron chi connectivity index (χ4n) is 0.217. The second kappa shape index (κ2) is 36.2. The SMILES string of the molecule is C.C.C.C.C.C.[C-]#C[CH+][Si](C)(C)C.[Sn].[Sn]. The van der Waals surface area contributed by atoms with Crippen LogP contribution in [0.5, 0.6) is 0 Å². The van der Waals surface area contributed by atoms with Crippen LogP contribution < -0.4 is 0 Å². The first-order valence-corrected chi connectivity index (χ1v) is 5.90. The average molecular weight is 444 g/mol. The van der Waals surface area contributed by atoms with Crippen molar-refractivity contribution in [2.45, 2.75) is 64.2 Å². The van der Waals surface area contributed by atoms with Gasteiger partial charge < -0.3 is 0 Å². The van der Waals surface area contributed by atoms with Gasteiger partial charge in [0.05, 0.1) is 8.07 Å². The third kappa shape index (κ3) is 97.2. The summed E-state index contributed by atoms with van der Waals surface area (Å²) in [5.41, 5.74) is 0. The van der Waals surface area contributed by atoms with Gasteiger partial charge in [0.25, 0.3) is 0 Å². The minimum Gasteiger partial charge on any atom is -0.0776 e. The van der Waals surface area contributed by atoms with E-state index in [1.807, 2.05) is 6.04 Å². The quantitative estimate of drug-likeness (QED) is 0.313. The van der Waals surface area contributed by atoms with Gasteiger partial charge in [-0.1, -0.05) is 70.1 Å². The topological polar surface area (TPSA) is 0 Å². The summed E-state index contributed by atoms with van der Waals surface area (Å²) in [6.07, 6.45) is 6.59. The van der Waals surface area contributed by atoms with Crippen molar-refractivity contribution in [1.82, 2.24) is 0 Å². The Bertz CT molecular complexity index is 90.8. The molecule has 0 aromatic carbocycles. The molecule has 0 aromatic heterocycles. The molecular formula is C12H34SiSn2. The zero-order valence-electron chi connectivity index (χ0n) is 6.08. The van der Waals surface area contributed by atoms with Gasteiger partial charge in [-0.25, -0.2) is 0 Å². The first-order chi connectivity index (χ1) is 3.06. The molecule has 8 radical (unpaired) electrons. The van der Waals surface area contributed by atoms with Gasteiger partial charge in [0.15, 0.2) is 0 Å². The third-order valence-electron chi connectivity index (χ3n) is 0.505. The van der Waals surface area contributed by atoms with Gasteiger partial charge in [-0.15, -0.1) is 0 Å². The Morgan fingerprint density at radius 1 is 0.800 bits per heavy atom. The molecule has 0 saturated heterocycles. The van der Waals surface area contributed by atoms with E-state index in [9.17, 15) is 0 Å². The molecule has 0 aromatic rings. The third-order valence-corrected chi connectivity index (χ3v) is 1.52. The Morgan fingerprint density at radius 3 is 1.00 bits per heavy atom. The maximum Gasteiger partial charge on any atom is 0.0790 e. The Morgan fingerprint density at radius 2 is 1.00 bits per heavy atom. The van der Waals surface area contributed by atoms with Crippen molar-refractivity contribution in [1.29, 1.82) is 0 Å². The van der Waals surface area contributed by atoms with Crippen LogP contribution in [0.15, 0.2) is 0 Å². The van der Waals surface area contributed by atoms with Crippen molar-refractivity contribution in [3.8, 4) is 5.92 Å². The van der Waals surface area contributed by atoms with Crippen molar-refractivity contribution in [2.75, 3.05) is 0 Å². The fourth-order valence-corrected chi connectivity index (χ4v) is 0.650. The fraction of sp³-hybridized carbons (Fsp3) is 0.750. The van der Waals surface area contributed by atoms with Crippen LogP contribution in [-0.4, -0.2) is 55.9 Å². The van der Waals surface area contributed by atoms with Crippen molar-refractivity contribution >= 4 is 55.9 Å². The number of rotatable bonds is 1. The zero-order valence-corrected chi connectivity index (χ0v) is 12.8. The molecule has 0 aliphatic carbocycles. The summed E-state index contributed by atoms with van der Waals surface area (Å²) in [6, 6.07) is 1.87. The van der Waals surface area contributed by atoms with Gasteiger partial charge in [-0.2, -0.15) is 0 Å². The van der Waals surface area contributed by atoms with Crippen LogP contribution in [0.2, 0.25) is 19.6 Å². The van der Waals surface area contributed by atoms with Crippen LogP contribution in [0.3, 0.4) is 0 Å². The van der Waals surface area contributed by atoms with Crippen molar-refractivity contribution in [2.24, 2.45) is 0 Å². The molecule has 0 saturated carbocycles. The minimum absolute atomic E-state index is 0. The first-order valence-electron chi connectivity index (χ1n) is 2.33. The van der Waals surface area contributed by atoms with Crippen LogP contribution in [-0.2, 0) is 0 Å². The predicted octanol–water partition coefficient (Wildman–Crippen LogP) is 4.71. The van der Waals surface area contributed by atoms with Crippen molar-refractivity contribution in [3.63, 3.8) is 0 Å². The van der Waals surface area contributed by atoms with Gasteiger partial charge in [0.1, 0.15) is 0 Å². The van der Waals surface area contributed by atoms with E-state index in [-0.39, 0.29) is 92.4 Å². The second-order valence-corrected chi connectivity index (χ2v) is 7.68. The standard InChI is InChI=1S/C6H10Si.6CH4.2Sn/c1-5-6-7(2,3)4;;;;;;;;/h6H,2-4H3;6*1H4;;. The summed E-state index contributed by atoms with van der Waals surface area (Å²) < 4.78 is 0. The molecule has 0 heterocycles. The molecule has 0 aliphatic rings. The Hall–Kier alpha value is 1.24. The first kappa shape index (κ1) is 71.9. The van der Waals surface area contributed by atoms with E-state index in [2.05, 4.69) is 25.6 Å².